The summed E-state index contributed by atoms with van der Waals surface area (Å²) in [7, 11) is 0. The van der Waals surface area contributed by atoms with E-state index >= 15 is 0 Å². The molecule has 1 aromatic heterocycles. The number of pyridine rings is 1. The number of aromatic nitrogens is 1. The quantitative estimate of drug-likeness (QED) is 0.911. The fourth-order valence-corrected chi connectivity index (χ4v) is 2.20. The molecule has 1 heterocycles. The van der Waals surface area contributed by atoms with Crippen molar-refractivity contribution in [3.05, 3.63) is 57.8 Å². The molecule has 0 spiro atoms. The molecule has 20 heavy (non-hydrogen) atoms. The third kappa shape index (κ3) is 3.07. The Morgan fingerprint density at radius 2 is 1.65 bits per heavy atom. The van der Waals surface area contributed by atoms with E-state index in [2.05, 4.69) is 10.3 Å². The standard InChI is InChI=1S/C13H8Cl2N2O3/c14-9-5-7(13(19)20)6-10(15)11(9)12(18)17-8-1-3-16-4-2-8/h1-6H,(H,19,20)(H,16,17,18). The van der Waals surface area contributed by atoms with Crippen LogP contribution in [0.15, 0.2) is 36.7 Å². The Balaban J connectivity index is 2.33. The Morgan fingerprint density at radius 3 is 2.15 bits per heavy atom. The summed E-state index contributed by atoms with van der Waals surface area (Å²) in [5, 5.41) is 11.4. The molecule has 0 fully saturated rings. The smallest absolute Gasteiger partial charge is 0.335 e. The van der Waals surface area contributed by atoms with Crippen LogP contribution in [0.1, 0.15) is 20.7 Å². The van der Waals surface area contributed by atoms with E-state index in [9.17, 15) is 9.59 Å². The van der Waals surface area contributed by atoms with Crippen molar-refractivity contribution in [1.82, 2.24) is 4.98 Å². The van der Waals surface area contributed by atoms with Crippen LogP contribution in [0.2, 0.25) is 10.0 Å². The summed E-state index contributed by atoms with van der Waals surface area (Å²) in [6, 6.07) is 5.56. The van der Waals surface area contributed by atoms with Gasteiger partial charge in [0.05, 0.1) is 21.2 Å². The number of hydrogen-bond donors (Lipinski definition) is 2. The van der Waals surface area contributed by atoms with Gasteiger partial charge in [-0.15, -0.1) is 0 Å². The number of benzene rings is 1. The van der Waals surface area contributed by atoms with Crippen LogP contribution in [0.25, 0.3) is 0 Å². The van der Waals surface area contributed by atoms with Gasteiger partial charge in [-0.1, -0.05) is 23.2 Å². The Hall–Kier alpha value is -2.11. The van der Waals surface area contributed by atoms with Crippen molar-refractivity contribution in [3.63, 3.8) is 0 Å². The number of carboxylic acids is 1. The molecule has 0 aliphatic rings. The fourth-order valence-electron chi connectivity index (χ4n) is 1.54. The van der Waals surface area contributed by atoms with Gasteiger partial charge in [0, 0.05) is 18.1 Å². The largest absolute Gasteiger partial charge is 0.478 e. The van der Waals surface area contributed by atoms with Gasteiger partial charge in [0.25, 0.3) is 5.91 Å². The van der Waals surface area contributed by atoms with E-state index in [1.807, 2.05) is 0 Å². The van der Waals surface area contributed by atoms with Gasteiger partial charge in [0.1, 0.15) is 0 Å². The molecule has 102 valence electrons. The molecule has 0 radical (unpaired) electrons. The number of hydrogen-bond acceptors (Lipinski definition) is 3. The number of rotatable bonds is 3. The molecular formula is C13H8Cl2N2O3. The van der Waals surface area contributed by atoms with Crippen LogP contribution in [0, 0.1) is 0 Å². The molecule has 1 aromatic carbocycles. The van der Waals surface area contributed by atoms with Crippen LogP contribution < -0.4 is 5.32 Å². The molecule has 0 atom stereocenters. The number of nitrogens with zero attached hydrogens (tertiary/aromatic N) is 1. The van der Waals surface area contributed by atoms with Gasteiger partial charge in [0.2, 0.25) is 0 Å². The zero-order valence-corrected chi connectivity index (χ0v) is 11.4. The average molecular weight is 311 g/mol. The van der Waals surface area contributed by atoms with Crippen molar-refractivity contribution < 1.29 is 14.7 Å². The van der Waals surface area contributed by atoms with Crippen molar-refractivity contribution in [3.8, 4) is 0 Å². The lowest BCUT2D eigenvalue weighted by Gasteiger charge is -2.09. The van der Waals surface area contributed by atoms with Gasteiger partial charge < -0.3 is 10.4 Å². The highest BCUT2D eigenvalue weighted by Crippen LogP contribution is 2.27. The number of carbonyl (C=O) groups is 2. The van der Waals surface area contributed by atoms with E-state index in [1.54, 1.807) is 12.1 Å². The van der Waals surface area contributed by atoms with Gasteiger partial charge in [-0.2, -0.15) is 0 Å². The van der Waals surface area contributed by atoms with Crippen LogP contribution in [0.5, 0.6) is 0 Å². The van der Waals surface area contributed by atoms with E-state index in [0.29, 0.717) is 5.69 Å². The summed E-state index contributed by atoms with van der Waals surface area (Å²) in [6.07, 6.45) is 3.04. The van der Waals surface area contributed by atoms with Crippen molar-refractivity contribution in [1.29, 1.82) is 0 Å². The number of aromatic carboxylic acids is 1. The Morgan fingerprint density at radius 1 is 1.10 bits per heavy atom. The molecule has 0 unspecified atom stereocenters. The fraction of sp³-hybridized carbons (Fsp3) is 0. The minimum Gasteiger partial charge on any atom is -0.478 e. The monoisotopic (exact) mass is 310 g/mol. The molecule has 2 rings (SSSR count). The summed E-state index contributed by atoms with van der Waals surface area (Å²) in [6.45, 7) is 0. The predicted octanol–water partition coefficient (Wildman–Crippen LogP) is 3.34. The SMILES string of the molecule is O=C(O)c1cc(Cl)c(C(=O)Nc2ccncc2)c(Cl)c1. The number of nitrogens with one attached hydrogen (secondary N) is 1. The van der Waals surface area contributed by atoms with Gasteiger partial charge in [-0.25, -0.2) is 4.79 Å². The van der Waals surface area contributed by atoms with E-state index in [1.165, 1.54) is 24.5 Å². The normalized spacial score (nSPS) is 10.1. The first-order chi connectivity index (χ1) is 9.49. The lowest BCUT2D eigenvalue weighted by molar-refractivity contribution is 0.0696. The molecule has 7 heteroatoms. The van der Waals surface area contributed by atoms with Gasteiger partial charge in [-0.3, -0.25) is 9.78 Å². The van der Waals surface area contributed by atoms with Gasteiger partial charge in [-0.05, 0) is 24.3 Å². The Bertz CT molecular complexity index is 652. The summed E-state index contributed by atoms with van der Waals surface area (Å²) in [5.41, 5.74) is 0.468. The van der Waals surface area contributed by atoms with Gasteiger partial charge >= 0.3 is 5.97 Å². The van der Waals surface area contributed by atoms with E-state index in [-0.39, 0.29) is 21.2 Å². The highest BCUT2D eigenvalue weighted by Gasteiger charge is 2.18. The lowest BCUT2D eigenvalue weighted by Crippen LogP contribution is -2.14. The molecule has 0 saturated heterocycles. The van der Waals surface area contributed by atoms with Crippen LogP contribution in [-0.4, -0.2) is 22.0 Å². The zero-order chi connectivity index (χ0) is 14.7. The molecule has 1 amide bonds. The van der Waals surface area contributed by atoms with Crippen molar-refractivity contribution in [2.24, 2.45) is 0 Å². The molecule has 0 bridgehead atoms. The first-order valence-electron chi connectivity index (χ1n) is 5.42. The second-order valence-electron chi connectivity index (χ2n) is 3.81. The first-order valence-corrected chi connectivity index (χ1v) is 6.18. The van der Waals surface area contributed by atoms with Crippen molar-refractivity contribution in [2.75, 3.05) is 5.32 Å². The first kappa shape index (κ1) is 14.3. The molecule has 0 saturated carbocycles. The predicted molar refractivity (Wildman–Crippen MR) is 75.6 cm³/mol. The summed E-state index contributed by atoms with van der Waals surface area (Å²) in [4.78, 5) is 26.8. The highest BCUT2D eigenvalue weighted by atomic mass is 35.5. The summed E-state index contributed by atoms with van der Waals surface area (Å²) >= 11 is 11.8. The number of amides is 1. The van der Waals surface area contributed by atoms with Crippen LogP contribution in [-0.2, 0) is 0 Å². The minimum atomic E-state index is -1.17. The Kier molecular flexibility index (Phi) is 4.22. The topological polar surface area (TPSA) is 79.3 Å². The molecule has 0 aliphatic carbocycles. The van der Waals surface area contributed by atoms with Crippen molar-refractivity contribution >= 4 is 40.8 Å². The third-order valence-electron chi connectivity index (χ3n) is 2.45. The molecule has 0 aliphatic heterocycles. The molecule has 2 aromatic rings. The molecule has 2 N–H and O–H groups in total. The highest BCUT2D eigenvalue weighted by molar-refractivity contribution is 6.40. The minimum absolute atomic E-state index is 0.0233. The third-order valence-corrected chi connectivity index (χ3v) is 3.05. The van der Waals surface area contributed by atoms with Gasteiger partial charge in [0.15, 0.2) is 0 Å². The van der Waals surface area contributed by atoms with E-state index < -0.39 is 11.9 Å². The molecular weight excluding hydrogens is 303 g/mol. The maximum Gasteiger partial charge on any atom is 0.335 e. The second-order valence-corrected chi connectivity index (χ2v) is 4.62. The van der Waals surface area contributed by atoms with Crippen molar-refractivity contribution in [2.45, 2.75) is 0 Å². The Labute approximate surface area is 124 Å². The van der Waals surface area contributed by atoms with Crippen LogP contribution in [0.3, 0.4) is 0 Å². The second kappa shape index (κ2) is 5.90. The van der Waals surface area contributed by atoms with Crippen LogP contribution >= 0.6 is 23.2 Å². The van der Waals surface area contributed by atoms with E-state index in [4.69, 9.17) is 28.3 Å². The zero-order valence-electron chi connectivity index (χ0n) is 9.93. The maximum absolute atomic E-state index is 12.1. The number of halogens is 2. The summed E-state index contributed by atoms with van der Waals surface area (Å²) in [5.74, 6) is -1.70. The lowest BCUT2D eigenvalue weighted by atomic mass is 10.1. The average Bonchev–Trinajstić information content (AvgIpc) is 2.38. The number of anilines is 1. The number of carbonyl (C=O) groups excluding carboxylic acids is 1. The molecule has 5 nitrogen and oxygen atoms in total. The van der Waals surface area contributed by atoms with E-state index in [0.717, 1.165) is 0 Å². The number of carboxylic acid groups (broad SMARTS) is 1. The van der Waals surface area contributed by atoms with Crippen LogP contribution in [0.4, 0.5) is 5.69 Å². The summed E-state index contributed by atoms with van der Waals surface area (Å²) < 4.78 is 0. The maximum atomic E-state index is 12.1.